The molecule has 3 nitrogen and oxygen atoms in total. The maximum Gasteiger partial charge on any atom is 0.326 e. The smallest absolute Gasteiger partial charge is 0.326 e. The van der Waals surface area contributed by atoms with Crippen LogP contribution in [0.25, 0.3) is 0 Å². The molecule has 0 aliphatic carbocycles. The summed E-state index contributed by atoms with van der Waals surface area (Å²) in [5.41, 5.74) is 0.633. The summed E-state index contributed by atoms with van der Waals surface area (Å²) in [4.78, 5) is 10.8. The third-order valence-electron chi connectivity index (χ3n) is 1.97. The van der Waals surface area contributed by atoms with Gasteiger partial charge >= 0.3 is 5.97 Å². The van der Waals surface area contributed by atoms with E-state index >= 15 is 0 Å². The fraction of sp³-hybridized carbons (Fsp3) is 0.300. The van der Waals surface area contributed by atoms with E-state index in [1.54, 1.807) is 19.1 Å². The van der Waals surface area contributed by atoms with Crippen LogP contribution in [0.1, 0.15) is 13.3 Å². The van der Waals surface area contributed by atoms with Crippen molar-refractivity contribution in [2.45, 2.75) is 19.4 Å². The molecule has 15 heavy (non-hydrogen) atoms. The maximum atomic E-state index is 10.8. The van der Waals surface area contributed by atoms with Gasteiger partial charge in [-0.15, -0.1) is 0 Å². The van der Waals surface area contributed by atoms with Crippen LogP contribution in [0, 0.1) is 0 Å². The molecule has 1 unspecified atom stereocenters. The minimum Gasteiger partial charge on any atom is -0.480 e. The number of aliphatic carboxylic acids is 1. The van der Waals surface area contributed by atoms with Gasteiger partial charge in [0.25, 0.3) is 0 Å². The van der Waals surface area contributed by atoms with Crippen LogP contribution in [0.5, 0.6) is 0 Å². The molecular formula is C10H11BrClNO2. The van der Waals surface area contributed by atoms with Crippen LogP contribution in [-0.2, 0) is 4.79 Å². The summed E-state index contributed by atoms with van der Waals surface area (Å²) in [5.74, 6) is -0.878. The Bertz CT molecular complexity index is 370. The summed E-state index contributed by atoms with van der Waals surface area (Å²) in [6.45, 7) is 1.80. The number of benzene rings is 1. The Morgan fingerprint density at radius 2 is 2.33 bits per heavy atom. The molecule has 0 saturated carbocycles. The molecule has 0 saturated heterocycles. The zero-order valence-corrected chi connectivity index (χ0v) is 10.5. The standard InChI is InChI=1S/C10H11BrClNO2/c1-2-8(10(14)15)13-9-4-3-6(11)5-7(9)12/h3-5,8,13H,2H2,1H3,(H,14,15). The van der Waals surface area contributed by atoms with Crippen LogP contribution in [0.15, 0.2) is 22.7 Å². The fourth-order valence-corrected chi connectivity index (χ4v) is 1.86. The molecule has 0 heterocycles. The monoisotopic (exact) mass is 291 g/mol. The summed E-state index contributed by atoms with van der Waals surface area (Å²) in [5, 5.41) is 12.2. The fourth-order valence-electron chi connectivity index (χ4n) is 1.13. The van der Waals surface area contributed by atoms with Gasteiger partial charge in [-0.05, 0) is 24.6 Å². The lowest BCUT2D eigenvalue weighted by molar-refractivity contribution is -0.137. The van der Waals surface area contributed by atoms with E-state index in [4.69, 9.17) is 16.7 Å². The van der Waals surface area contributed by atoms with Crippen molar-refractivity contribution in [3.05, 3.63) is 27.7 Å². The normalized spacial score (nSPS) is 12.2. The highest BCUT2D eigenvalue weighted by molar-refractivity contribution is 9.10. The molecule has 5 heteroatoms. The molecule has 82 valence electrons. The van der Waals surface area contributed by atoms with Crippen molar-refractivity contribution in [2.24, 2.45) is 0 Å². The van der Waals surface area contributed by atoms with Crippen LogP contribution >= 0.6 is 27.5 Å². The lowest BCUT2D eigenvalue weighted by Gasteiger charge is -2.14. The van der Waals surface area contributed by atoms with Gasteiger partial charge in [-0.2, -0.15) is 0 Å². The highest BCUT2D eigenvalue weighted by atomic mass is 79.9. The van der Waals surface area contributed by atoms with E-state index in [2.05, 4.69) is 21.2 Å². The maximum absolute atomic E-state index is 10.8. The summed E-state index contributed by atoms with van der Waals surface area (Å²) < 4.78 is 0.862. The number of carbonyl (C=O) groups is 1. The number of hydrogen-bond donors (Lipinski definition) is 2. The van der Waals surface area contributed by atoms with Gasteiger partial charge in [0.2, 0.25) is 0 Å². The van der Waals surface area contributed by atoms with Crippen LogP contribution in [0.4, 0.5) is 5.69 Å². The van der Waals surface area contributed by atoms with E-state index < -0.39 is 12.0 Å². The molecule has 0 amide bonds. The number of hydrogen-bond acceptors (Lipinski definition) is 2. The Hall–Kier alpha value is -0.740. The second-order valence-corrected chi connectivity index (χ2v) is 4.39. The predicted molar refractivity (Wildman–Crippen MR) is 64.5 cm³/mol. The van der Waals surface area contributed by atoms with Crippen LogP contribution < -0.4 is 5.32 Å². The minimum absolute atomic E-state index is 0.502. The van der Waals surface area contributed by atoms with E-state index in [1.165, 1.54) is 0 Å². The number of halogens is 2. The summed E-state index contributed by atoms with van der Waals surface area (Å²) >= 11 is 9.23. The van der Waals surface area contributed by atoms with Crippen LogP contribution in [0.3, 0.4) is 0 Å². The molecule has 2 N–H and O–H groups in total. The lowest BCUT2D eigenvalue weighted by atomic mass is 10.2. The van der Waals surface area contributed by atoms with Gasteiger partial charge in [-0.3, -0.25) is 0 Å². The van der Waals surface area contributed by atoms with Crippen molar-refractivity contribution in [3.8, 4) is 0 Å². The predicted octanol–water partition coefficient (Wildman–Crippen LogP) is 3.38. The largest absolute Gasteiger partial charge is 0.480 e. The van der Waals surface area contributed by atoms with E-state index in [9.17, 15) is 4.79 Å². The lowest BCUT2D eigenvalue weighted by Crippen LogP contribution is -2.28. The molecule has 0 aromatic heterocycles. The molecule has 0 aliphatic heterocycles. The number of rotatable bonds is 4. The Labute approximate surface area is 102 Å². The Morgan fingerprint density at radius 1 is 1.67 bits per heavy atom. The van der Waals surface area contributed by atoms with Gasteiger partial charge in [-0.25, -0.2) is 4.79 Å². The average Bonchev–Trinajstić information content (AvgIpc) is 2.16. The zero-order valence-electron chi connectivity index (χ0n) is 8.13. The minimum atomic E-state index is -0.878. The van der Waals surface area contributed by atoms with Crippen molar-refractivity contribution in [3.63, 3.8) is 0 Å². The molecule has 0 bridgehead atoms. The third kappa shape index (κ3) is 3.39. The zero-order chi connectivity index (χ0) is 11.4. The first-order valence-corrected chi connectivity index (χ1v) is 5.66. The highest BCUT2D eigenvalue weighted by Gasteiger charge is 2.15. The Kier molecular flexibility index (Phi) is 4.42. The van der Waals surface area contributed by atoms with Gasteiger partial charge in [0.15, 0.2) is 0 Å². The molecule has 0 radical (unpaired) electrons. The van der Waals surface area contributed by atoms with Gasteiger partial charge in [0, 0.05) is 4.47 Å². The van der Waals surface area contributed by atoms with E-state index in [0.29, 0.717) is 17.1 Å². The van der Waals surface area contributed by atoms with Crippen molar-refractivity contribution in [1.29, 1.82) is 0 Å². The number of carboxylic acid groups (broad SMARTS) is 1. The first-order valence-electron chi connectivity index (χ1n) is 4.49. The summed E-state index contributed by atoms with van der Waals surface area (Å²) in [6.07, 6.45) is 0.502. The van der Waals surface area contributed by atoms with Crippen molar-refractivity contribution in [1.82, 2.24) is 0 Å². The van der Waals surface area contributed by atoms with Gasteiger partial charge < -0.3 is 10.4 Å². The Morgan fingerprint density at radius 3 is 2.80 bits per heavy atom. The molecular weight excluding hydrogens is 281 g/mol. The topological polar surface area (TPSA) is 49.3 Å². The van der Waals surface area contributed by atoms with E-state index in [1.807, 2.05) is 6.07 Å². The molecule has 0 spiro atoms. The van der Waals surface area contributed by atoms with Crippen molar-refractivity contribution >= 4 is 39.2 Å². The number of anilines is 1. The van der Waals surface area contributed by atoms with Gasteiger partial charge in [0.1, 0.15) is 6.04 Å². The number of nitrogens with one attached hydrogen (secondary N) is 1. The van der Waals surface area contributed by atoms with Gasteiger partial charge in [0.05, 0.1) is 10.7 Å². The van der Waals surface area contributed by atoms with Gasteiger partial charge in [-0.1, -0.05) is 34.5 Å². The molecule has 0 fully saturated rings. The van der Waals surface area contributed by atoms with Crippen LogP contribution in [0.2, 0.25) is 5.02 Å². The highest BCUT2D eigenvalue weighted by Crippen LogP contribution is 2.26. The third-order valence-corrected chi connectivity index (χ3v) is 2.77. The summed E-state index contributed by atoms with van der Waals surface area (Å²) in [7, 11) is 0. The molecule has 1 rings (SSSR count). The first-order chi connectivity index (χ1) is 7.04. The van der Waals surface area contributed by atoms with Crippen LogP contribution in [-0.4, -0.2) is 17.1 Å². The first kappa shape index (κ1) is 12.3. The summed E-state index contributed by atoms with van der Waals surface area (Å²) in [6, 6.07) is 4.67. The molecule has 1 aromatic rings. The average molecular weight is 293 g/mol. The van der Waals surface area contributed by atoms with Crippen molar-refractivity contribution < 1.29 is 9.90 Å². The second kappa shape index (κ2) is 5.37. The number of carboxylic acids is 1. The SMILES string of the molecule is CCC(Nc1ccc(Br)cc1Cl)C(=O)O. The van der Waals surface area contributed by atoms with E-state index in [-0.39, 0.29) is 0 Å². The van der Waals surface area contributed by atoms with Crippen molar-refractivity contribution in [2.75, 3.05) is 5.32 Å². The second-order valence-electron chi connectivity index (χ2n) is 3.07. The molecule has 0 aliphatic rings. The van der Waals surface area contributed by atoms with E-state index in [0.717, 1.165) is 4.47 Å². The Balaban J connectivity index is 2.84. The molecule has 1 aromatic carbocycles. The molecule has 1 atom stereocenters. The quantitative estimate of drug-likeness (QED) is 0.894.